The molecular formula is C15H30N2. The Balaban J connectivity index is 1.80. The van der Waals surface area contributed by atoms with Gasteiger partial charge in [-0.2, -0.15) is 0 Å². The monoisotopic (exact) mass is 238 g/mol. The van der Waals surface area contributed by atoms with Crippen molar-refractivity contribution in [2.75, 3.05) is 19.6 Å². The SMILES string of the molecule is CCC1CCC(N2CCCNC(C)CC2)CC1. The standard InChI is InChI=1S/C15H30N2/c1-3-14-5-7-15(8-6-14)17-11-4-10-16-13(2)9-12-17/h13-16H,3-12H2,1-2H3. The van der Waals surface area contributed by atoms with Crippen LogP contribution in [0.2, 0.25) is 0 Å². The summed E-state index contributed by atoms with van der Waals surface area (Å²) in [6.07, 6.45) is 9.93. The lowest BCUT2D eigenvalue weighted by Crippen LogP contribution is -2.44. The van der Waals surface area contributed by atoms with Gasteiger partial charge in [0.25, 0.3) is 0 Å². The molecule has 1 aliphatic heterocycles. The molecule has 17 heavy (non-hydrogen) atoms. The molecule has 1 atom stereocenters. The molecule has 1 heterocycles. The Morgan fingerprint density at radius 1 is 1.06 bits per heavy atom. The highest BCUT2D eigenvalue weighted by molar-refractivity contribution is 4.81. The zero-order valence-electron chi connectivity index (χ0n) is 11.8. The van der Waals surface area contributed by atoms with Crippen LogP contribution in [-0.2, 0) is 0 Å². The summed E-state index contributed by atoms with van der Waals surface area (Å²) < 4.78 is 0. The molecule has 0 bridgehead atoms. The van der Waals surface area contributed by atoms with E-state index in [4.69, 9.17) is 0 Å². The van der Waals surface area contributed by atoms with E-state index in [1.807, 2.05) is 0 Å². The van der Waals surface area contributed by atoms with Gasteiger partial charge in [-0.3, -0.25) is 0 Å². The summed E-state index contributed by atoms with van der Waals surface area (Å²) in [6.45, 7) is 8.53. The average Bonchev–Trinajstić information content (AvgIpc) is 2.35. The number of hydrogen-bond acceptors (Lipinski definition) is 2. The van der Waals surface area contributed by atoms with Crippen molar-refractivity contribution in [2.45, 2.75) is 70.9 Å². The maximum absolute atomic E-state index is 3.60. The predicted molar refractivity (Wildman–Crippen MR) is 74.3 cm³/mol. The van der Waals surface area contributed by atoms with Crippen LogP contribution in [0.3, 0.4) is 0 Å². The van der Waals surface area contributed by atoms with Crippen molar-refractivity contribution < 1.29 is 0 Å². The van der Waals surface area contributed by atoms with Gasteiger partial charge < -0.3 is 10.2 Å². The maximum atomic E-state index is 3.60. The van der Waals surface area contributed by atoms with E-state index in [1.165, 1.54) is 64.6 Å². The molecule has 0 spiro atoms. The van der Waals surface area contributed by atoms with Crippen LogP contribution >= 0.6 is 0 Å². The van der Waals surface area contributed by atoms with E-state index in [-0.39, 0.29) is 0 Å². The first-order valence-electron chi connectivity index (χ1n) is 7.77. The lowest BCUT2D eigenvalue weighted by atomic mass is 9.83. The van der Waals surface area contributed by atoms with Crippen molar-refractivity contribution in [1.29, 1.82) is 0 Å². The van der Waals surface area contributed by atoms with Crippen molar-refractivity contribution in [3.63, 3.8) is 0 Å². The molecule has 0 aromatic carbocycles. The van der Waals surface area contributed by atoms with Crippen LogP contribution < -0.4 is 5.32 Å². The Morgan fingerprint density at radius 3 is 2.53 bits per heavy atom. The highest BCUT2D eigenvalue weighted by Gasteiger charge is 2.25. The van der Waals surface area contributed by atoms with Crippen molar-refractivity contribution in [3.8, 4) is 0 Å². The van der Waals surface area contributed by atoms with Gasteiger partial charge in [-0.25, -0.2) is 0 Å². The van der Waals surface area contributed by atoms with Crippen LogP contribution in [0, 0.1) is 5.92 Å². The molecular weight excluding hydrogens is 208 g/mol. The minimum absolute atomic E-state index is 0.713. The van der Waals surface area contributed by atoms with E-state index in [0.29, 0.717) is 6.04 Å². The smallest absolute Gasteiger partial charge is 0.00954 e. The van der Waals surface area contributed by atoms with E-state index in [0.717, 1.165) is 12.0 Å². The molecule has 2 fully saturated rings. The van der Waals surface area contributed by atoms with E-state index in [9.17, 15) is 0 Å². The Labute approximate surface area is 107 Å². The quantitative estimate of drug-likeness (QED) is 0.795. The van der Waals surface area contributed by atoms with Gasteiger partial charge in [0.15, 0.2) is 0 Å². The average molecular weight is 238 g/mol. The Hall–Kier alpha value is -0.0800. The molecule has 2 aliphatic rings. The molecule has 1 saturated heterocycles. The third-order valence-electron chi connectivity index (χ3n) is 4.87. The minimum Gasteiger partial charge on any atom is -0.314 e. The molecule has 1 N–H and O–H groups in total. The van der Waals surface area contributed by atoms with Gasteiger partial charge in [0.1, 0.15) is 0 Å². The fourth-order valence-electron chi connectivity index (χ4n) is 3.49. The lowest BCUT2D eigenvalue weighted by molar-refractivity contribution is 0.122. The first kappa shape index (κ1) is 13.4. The fourth-order valence-corrected chi connectivity index (χ4v) is 3.49. The van der Waals surface area contributed by atoms with Crippen molar-refractivity contribution in [3.05, 3.63) is 0 Å². The molecule has 0 aromatic heterocycles. The van der Waals surface area contributed by atoms with E-state index in [1.54, 1.807) is 0 Å². The van der Waals surface area contributed by atoms with Crippen molar-refractivity contribution >= 4 is 0 Å². The summed E-state index contributed by atoms with van der Waals surface area (Å²) in [4.78, 5) is 2.79. The van der Waals surface area contributed by atoms with Crippen molar-refractivity contribution in [1.82, 2.24) is 10.2 Å². The number of nitrogens with zero attached hydrogens (tertiary/aromatic N) is 1. The zero-order valence-corrected chi connectivity index (χ0v) is 11.8. The van der Waals surface area contributed by atoms with Gasteiger partial charge in [0.2, 0.25) is 0 Å². The molecule has 1 unspecified atom stereocenters. The lowest BCUT2D eigenvalue weighted by Gasteiger charge is -2.38. The van der Waals surface area contributed by atoms with Gasteiger partial charge in [0.05, 0.1) is 0 Å². The number of nitrogens with one attached hydrogen (secondary N) is 1. The molecule has 0 aromatic rings. The minimum atomic E-state index is 0.713. The van der Waals surface area contributed by atoms with Crippen molar-refractivity contribution in [2.24, 2.45) is 5.92 Å². The van der Waals surface area contributed by atoms with Crippen LogP contribution in [0.1, 0.15) is 58.8 Å². The van der Waals surface area contributed by atoms with E-state index < -0.39 is 0 Å². The summed E-state index contributed by atoms with van der Waals surface area (Å²) in [5.41, 5.74) is 0. The van der Waals surface area contributed by atoms with Crippen LogP contribution in [0.5, 0.6) is 0 Å². The first-order chi connectivity index (χ1) is 8.29. The van der Waals surface area contributed by atoms with Gasteiger partial charge >= 0.3 is 0 Å². The normalized spacial score (nSPS) is 37.4. The third-order valence-corrected chi connectivity index (χ3v) is 4.87. The van der Waals surface area contributed by atoms with Crippen LogP contribution in [0.25, 0.3) is 0 Å². The molecule has 1 aliphatic carbocycles. The molecule has 2 rings (SSSR count). The summed E-state index contributed by atoms with van der Waals surface area (Å²) in [5, 5.41) is 3.60. The summed E-state index contributed by atoms with van der Waals surface area (Å²) in [7, 11) is 0. The Kier molecular flexibility index (Phi) is 5.30. The Morgan fingerprint density at radius 2 is 1.82 bits per heavy atom. The summed E-state index contributed by atoms with van der Waals surface area (Å²) >= 11 is 0. The fraction of sp³-hybridized carbons (Fsp3) is 1.00. The highest BCUT2D eigenvalue weighted by Crippen LogP contribution is 2.29. The van der Waals surface area contributed by atoms with Crippen LogP contribution in [0.4, 0.5) is 0 Å². The summed E-state index contributed by atoms with van der Waals surface area (Å²) in [6, 6.07) is 1.62. The van der Waals surface area contributed by atoms with E-state index in [2.05, 4.69) is 24.1 Å². The molecule has 0 amide bonds. The molecule has 2 nitrogen and oxygen atoms in total. The zero-order chi connectivity index (χ0) is 12.1. The second-order valence-electron chi connectivity index (χ2n) is 6.12. The van der Waals surface area contributed by atoms with Crippen LogP contribution in [-0.4, -0.2) is 36.6 Å². The van der Waals surface area contributed by atoms with Gasteiger partial charge in [-0.15, -0.1) is 0 Å². The van der Waals surface area contributed by atoms with Gasteiger partial charge in [0, 0.05) is 12.1 Å². The second-order valence-corrected chi connectivity index (χ2v) is 6.12. The topological polar surface area (TPSA) is 15.3 Å². The third kappa shape index (κ3) is 3.96. The molecule has 2 heteroatoms. The maximum Gasteiger partial charge on any atom is 0.00954 e. The highest BCUT2D eigenvalue weighted by atomic mass is 15.2. The number of rotatable bonds is 2. The molecule has 100 valence electrons. The Bertz CT molecular complexity index is 209. The van der Waals surface area contributed by atoms with Crippen LogP contribution in [0.15, 0.2) is 0 Å². The predicted octanol–water partition coefficient (Wildman–Crippen LogP) is 3.03. The molecule has 0 radical (unpaired) electrons. The second kappa shape index (κ2) is 6.75. The van der Waals surface area contributed by atoms with Gasteiger partial charge in [-0.1, -0.05) is 13.3 Å². The number of hydrogen-bond donors (Lipinski definition) is 1. The first-order valence-corrected chi connectivity index (χ1v) is 7.77. The van der Waals surface area contributed by atoms with E-state index >= 15 is 0 Å². The summed E-state index contributed by atoms with van der Waals surface area (Å²) in [5.74, 6) is 1.03. The van der Waals surface area contributed by atoms with Gasteiger partial charge in [-0.05, 0) is 71.0 Å². The molecule has 1 saturated carbocycles. The largest absolute Gasteiger partial charge is 0.314 e.